The molecule has 1 aromatic carbocycles. The largest absolute Gasteiger partial charge is 0.352 e. The summed E-state index contributed by atoms with van der Waals surface area (Å²) in [5.41, 5.74) is 3.57. The maximum absolute atomic E-state index is 12.9. The molecule has 0 radical (unpaired) electrons. The topological polar surface area (TPSA) is 62.3 Å². The van der Waals surface area contributed by atoms with Crippen LogP contribution in [0.4, 0.5) is 0 Å². The van der Waals surface area contributed by atoms with Gasteiger partial charge in [-0.2, -0.15) is 0 Å². The summed E-state index contributed by atoms with van der Waals surface area (Å²) < 4.78 is 0. The number of aryl methyl sites for hydroxylation is 1. The predicted molar refractivity (Wildman–Crippen MR) is 146 cm³/mol. The van der Waals surface area contributed by atoms with Gasteiger partial charge >= 0.3 is 0 Å². The monoisotopic (exact) mass is 505 g/mol. The van der Waals surface area contributed by atoms with E-state index in [1.165, 1.54) is 16.6 Å². The number of thioether (sulfide) groups is 1. The quantitative estimate of drug-likeness (QED) is 0.415. The molecule has 4 rings (SSSR count). The molecule has 7 heteroatoms. The Bertz CT molecular complexity index is 1140. The fourth-order valence-electron chi connectivity index (χ4n) is 4.23. The zero-order valence-electron chi connectivity index (χ0n) is 20.0. The predicted octanol–water partition coefficient (Wildman–Crippen LogP) is 5.53. The number of nitrogens with one attached hydrogen (secondary N) is 1. The maximum atomic E-state index is 12.9. The van der Waals surface area contributed by atoms with Crippen LogP contribution in [0.25, 0.3) is 6.08 Å². The molecule has 0 atom stereocenters. The first-order chi connectivity index (χ1) is 17.1. The molecule has 1 fully saturated rings. The van der Waals surface area contributed by atoms with Crippen molar-refractivity contribution in [2.45, 2.75) is 32.1 Å². The van der Waals surface area contributed by atoms with Gasteiger partial charge in [0.2, 0.25) is 5.91 Å². The van der Waals surface area contributed by atoms with Crippen LogP contribution in [-0.2, 0) is 11.2 Å². The van der Waals surface area contributed by atoms with Gasteiger partial charge in [0.1, 0.15) is 0 Å². The molecule has 0 spiro atoms. The molecule has 0 unspecified atom stereocenters. The molecular formula is C28H31N3O2S2. The fourth-order valence-corrected chi connectivity index (χ4v) is 5.62. The number of hydrogen-bond acceptors (Lipinski definition) is 5. The second kappa shape index (κ2) is 12.7. The van der Waals surface area contributed by atoms with Crippen LogP contribution in [0, 0.1) is 6.92 Å². The van der Waals surface area contributed by atoms with Crippen LogP contribution in [-0.4, -0.2) is 47.1 Å². The van der Waals surface area contributed by atoms with E-state index in [0.717, 1.165) is 36.2 Å². The van der Waals surface area contributed by atoms with Gasteiger partial charge in [-0.05, 0) is 66.8 Å². The number of benzene rings is 1. The molecule has 0 saturated carbocycles. The summed E-state index contributed by atoms with van der Waals surface area (Å²) in [5.74, 6) is 0.718. The van der Waals surface area contributed by atoms with E-state index in [0.29, 0.717) is 31.0 Å². The van der Waals surface area contributed by atoms with E-state index in [9.17, 15) is 9.59 Å². The van der Waals surface area contributed by atoms with Gasteiger partial charge in [0.05, 0.1) is 17.0 Å². The molecule has 0 bridgehead atoms. The van der Waals surface area contributed by atoms with Crippen LogP contribution in [0.3, 0.4) is 0 Å². The van der Waals surface area contributed by atoms with Crippen LogP contribution in [0.15, 0.2) is 65.4 Å². The number of thiophene rings is 1. The van der Waals surface area contributed by atoms with Crippen molar-refractivity contribution in [2.75, 3.05) is 25.4 Å². The zero-order chi connectivity index (χ0) is 24.5. The molecule has 1 aliphatic rings. The fraction of sp³-hybridized carbons (Fsp3) is 0.321. The molecule has 2 amide bonds. The van der Waals surface area contributed by atoms with Crippen molar-refractivity contribution in [3.63, 3.8) is 0 Å². The lowest BCUT2D eigenvalue weighted by atomic mass is 9.90. The Morgan fingerprint density at radius 2 is 1.91 bits per heavy atom. The highest BCUT2D eigenvalue weighted by atomic mass is 32.2. The van der Waals surface area contributed by atoms with E-state index in [-0.39, 0.29) is 17.7 Å². The highest BCUT2D eigenvalue weighted by molar-refractivity contribution is 8.02. The van der Waals surface area contributed by atoms with Crippen LogP contribution in [0.5, 0.6) is 0 Å². The Morgan fingerprint density at radius 3 is 2.66 bits per heavy atom. The molecule has 35 heavy (non-hydrogen) atoms. The van der Waals surface area contributed by atoms with E-state index in [4.69, 9.17) is 4.98 Å². The van der Waals surface area contributed by atoms with E-state index in [1.807, 2.05) is 71.8 Å². The SMILES string of the molecule is Cc1ccc(C(=O)NCCc2cccs2)c(C2CCN(C(=O)CS/C=C/c3ccccc3)CC2)n1. The molecule has 3 heterocycles. The highest BCUT2D eigenvalue weighted by Gasteiger charge is 2.27. The number of carbonyl (C=O) groups is 2. The lowest BCUT2D eigenvalue weighted by Gasteiger charge is -2.32. The van der Waals surface area contributed by atoms with Gasteiger partial charge in [0.25, 0.3) is 5.91 Å². The summed E-state index contributed by atoms with van der Waals surface area (Å²) in [6.45, 7) is 3.96. The smallest absolute Gasteiger partial charge is 0.253 e. The normalized spacial score (nSPS) is 14.4. The number of rotatable bonds is 9. The van der Waals surface area contributed by atoms with Crippen molar-refractivity contribution >= 4 is 41.0 Å². The lowest BCUT2D eigenvalue weighted by Crippen LogP contribution is -2.39. The van der Waals surface area contributed by atoms with E-state index >= 15 is 0 Å². The Balaban J connectivity index is 1.28. The molecule has 2 aromatic heterocycles. The summed E-state index contributed by atoms with van der Waals surface area (Å²) in [5, 5.41) is 7.10. The zero-order valence-corrected chi connectivity index (χ0v) is 21.6. The first-order valence-corrected chi connectivity index (χ1v) is 13.9. The van der Waals surface area contributed by atoms with Crippen molar-refractivity contribution in [1.82, 2.24) is 15.2 Å². The van der Waals surface area contributed by atoms with Gasteiger partial charge in [-0.15, -0.1) is 23.1 Å². The minimum Gasteiger partial charge on any atom is -0.352 e. The summed E-state index contributed by atoms with van der Waals surface area (Å²) in [7, 11) is 0. The van der Waals surface area contributed by atoms with Crippen molar-refractivity contribution in [1.29, 1.82) is 0 Å². The van der Waals surface area contributed by atoms with Crippen LogP contribution >= 0.6 is 23.1 Å². The van der Waals surface area contributed by atoms with Gasteiger partial charge in [-0.3, -0.25) is 14.6 Å². The van der Waals surface area contributed by atoms with Gasteiger partial charge in [-0.25, -0.2) is 0 Å². The number of hydrogen-bond donors (Lipinski definition) is 1. The number of piperidine rings is 1. The minimum atomic E-state index is -0.0656. The van der Waals surface area contributed by atoms with E-state index < -0.39 is 0 Å². The third kappa shape index (κ3) is 7.29. The first-order valence-electron chi connectivity index (χ1n) is 12.0. The van der Waals surface area contributed by atoms with Gasteiger partial charge < -0.3 is 10.2 Å². The molecule has 1 saturated heterocycles. The Kier molecular flexibility index (Phi) is 9.15. The molecule has 5 nitrogen and oxygen atoms in total. The minimum absolute atomic E-state index is 0.0656. The molecule has 3 aromatic rings. The lowest BCUT2D eigenvalue weighted by molar-refractivity contribution is -0.129. The van der Waals surface area contributed by atoms with Crippen LogP contribution in [0.2, 0.25) is 0 Å². The number of amides is 2. The van der Waals surface area contributed by atoms with Crippen molar-refractivity contribution in [3.05, 3.63) is 92.8 Å². The van der Waals surface area contributed by atoms with E-state index in [2.05, 4.69) is 16.8 Å². The Labute approximate surface area is 215 Å². The van der Waals surface area contributed by atoms with E-state index in [1.54, 1.807) is 11.3 Å². The second-order valence-electron chi connectivity index (χ2n) is 8.65. The standard InChI is InChI=1S/C28H31N3O2S2/c1-21-9-10-25(28(33)29-15-11-24-8-5-18-35-24)27(30-21)23-12-16-31(17-13-23)26(32)20-34-19-14-22-6-3-2-4-7-22/h2-10,14,18-19,23H,11-13,15-17,20H2,1H3,(H,29,33)/b19-14+. The molecule has 0 aliphatic carbocycles. The first kappa shape index (κ1) is 25.2. The molecule has 182 valence electrons. The number of pyridine rings is 1. The number of carbonyl (C=O) groups excluding carboxylic acids is 2. The Hall–Kier alpha value is -2.90. The average molecular weight is 506 g/mol. The summed E-state index contributed by atoms with van der Waals surface area (Å²) in [6, 6.07) is 18.0. The summed E-state index contributed by atoms with van der Waals surface area (Å²) in [6.07, 6.45) is 4.50. The van der Waals surface area contributed by atoms with Gasteiger partial charge in [-0.1, -0.05) is 36.4 Å². The van der Waals surface area contributed by atoms with Crippen molar-refractivity contribution in [2.24, 2.45) is 0 Å². The van der Waals surface area contributed by atoms with Gasteiger partial charge in [0, 0.05) is 36.1 Å². The Morgan fingerprint density at radius 1 is 1.11 bits per heavy atom. The molecule has 1 aliphatic heterocycles. The maximum Gasteiger partial charge on any atom is 0.253 e. The third-order valence-corrected chi connectivity index (χ3v) is 7.82. The number of nitrogens with zero attached hydrogens (tertiary/aromatic N) is 2. The third-order valence-electron chi connectivity index (χ3n) is 6.14. The van der Waals surface area contributed by atoms with Gasteiger partial charge in [0.15, 0.2) is 0 Å². The second-order valence-corrected chi connectivity index (χ2v) is 10.6. The number of likely N-dealkylation sites (tertiary alicyclic amines) is 1. The summed E-state index contributed by atoms with van der Waals surface area (Å²) >= 11 is 3.23. The van der Waals surface area contributed by atoms with Crippen molar-refractivity contribution in [3.8, 4) is 0 Å². The molecule has 1 N–H and O–H groups in total. The van der Waals surface area contributed by atoms with Crippen molar-refractivity contribution < 1.29 is 9.59 Å². The highest BCUT2D eigenvalue weighted by Crippen LogP contribution is 2.30. The molecular weight excluding hydrogens is 474 g/mol. The number of aromatic nitrogens is 1. The summed E-state index contributed by atoms with van der Waals surface area (Å²) in [4.78, 5) is 33.6. The van der Waals surface area contributed by atoms with Crippen LogP contribution < -0.4 is 5.32 Å². The van der Waals surface area contributed by atoms with Crippen LogP contribution in [0.1, 0.15) is 50.9 Å². The average Bonchev–Trinajstić information content (AvgIpc) is 3.41.